The number of thioether (sulfide) groups is 1. The van der Waals surface area contributed by atoms with Crippen molar-refractivity contribution in [3.05, 3.63) is 0 Å². The molecule has 1 unspecified atom stereocenters. The van der Waals surface area contributed by atoms with Gasteiger partial charge in [0, 0.05) is 18.8 Å². The molecule has 1 N–H and O–H groups in total. The van der Waals surface area contributed by atoms with Gasteiger partial charge in [0.2, 0.25) is 5.16 Å². The van der Waals surface area contributed by atoms with Crippen LogP contribution < -0.4 is 5.32 Å². The highest BCUT2D eigenvalue weighted by Gasteiger charge is 2.34. The van der Waals surface area contributed by atoms with E-state index in [1.54, 1.807) is 23.5 Å². The summed E-state index contributed by atoms with van der Waals surface area (Å²) in [5.74, 6) is 0.622. The Labute approximate surface area is 123 Å². The minimum atomic E-state index is -0.651. The first-order valence-electron chi connectivity index (χ1n) is 6.60. The molecule has 0 saturated heterocycles. The van der Waals surface area contributed by atoms with Crippen LogP contribution in [-0.4, -0.2) is 50.6 Å². The maximum atomic E-state index is 11.9. The van der Waals surface area contributed by atoms with Crippen LogP contribution in [0.2, 0.25) is 0 Å². The van der Waals surface area contributed by atoms with Crippen molar-refractivity contribution in [2.24, 2.45) is 7.05 Å². The van der Waals surface area contributed by atoms with E-state index in [9.17, 15) is 4.79 Å². The van der Waals surface area contributed by atoms with Gasteiger partial charge in [0.25, 0.3) is 0 Å². The van der Waals surface area contributed by atoms with Crippen molar-refractivity contribution in [3.8, 4) is 0 Å². The Hall–Kier alpha value is -1.15. The topological polar surface area (TPSA) is 81.9 Å². The number of aryl methyl sites for hydroxylation is 1. The first-order valence-corrected chi connectivity index (χ1v) is 7.59. The third-order valence-electron chi connectivity index (χ3n) is 2.88. The quantitative estimate of drug-likeness (QED) is 0.436. The molecule has 114 valence electrons. The lowest BCUT2D eigenvalue weighted by Gasteiger charge is -2.30. The Balaban J connectivity index is 2.46. The van der Waals surface area contributed by atoms with E-state index in [1.165, 1.54) is 7.11 Å². The van der Waals surface area contributed by atoms with Crippen molar-refractivity contribution in [1.29, 1.82) is 0 Å². The lowest BCUT2D eigenvalue weighted by Crippen LogP contribution is -2.53. The lowest BCUT2D eigenvalue weighted by atomic mass is 9.95. The SMILES string of the molecule is COC(=O)C(C)(CCCSc1nnnn1C)NC(C)C. The third-order valence-corrected chi connectivity index (χ3v) is 3.97. The van der Waals surface area contributed by atoms with Gasteiger partial charge in [0.1, 0.15) is 5.54 Å². The van der Waals surface area contributed by atoms with Crippen LogP contribution in [0.15, 0.2) is 5.16 Å². The second-order valence-electron chi connectivity index (χ2n) is 5.16. The summed E-state index contributed by atoms with van der Waals surface area (Å²) in [7, 11) is 3.23. The maximum absolute atomic E-state index is 11.9. The van der Waals surface area contributed by atoms with Crippen LogP contribution in [0.25, 0.3) is 0 Å². The molecule has 0 bridgehead atoms. The first-order chi connectivity index (χ1) is 9.39. The van der Waals surface area contributed by atoms with Crippen molar-refractivity contribution in [2.45, 2.75) is 50.4 Å². The lowest BCUT2D eigenvalue weighted by molar-refractivity contribution is -0.148. The second kappa shape index (κ2) is 7.58. The molecule has 1 aromatic heterocycles. The van der Waals surface area contributed by atoms with Crippen LogP contribution in [0, 0.1) is 0 Å². The van der Waals surface area contributed by atoms with E-state index in [1.807, 2.05) is 20.8 Å². The molecule has 1 atom stereocenters. The smallest absolute Gasteiger partial charge is 0.325 e. The van der Waals surface area contributed by atoms with E-state index in [0.717, 1.165) is 17.3 Å². The third kappa shape index (κ3) is 4.75. The Morgan fingerprint density at radius 3 is 2.75 bits per heavy atom. The highest BCUT2D eigenvalue weighted by atomic mass is 32.2. The van der Waals surface area contributed by atoms with Crippen LogP contribution in [0.1, 0.15) is 33.6 Å². The number of tetrazole rings is 1. The number of carbonyl (C=O) groups excluding carboxylic acids is 1. The molecular formula is C12H23N5O2S. The number of hydrogen-bond acceptors (Lipinski definition) is 7. The van der Waals surface area contributed by atoms with Gasteiger partial charge in [-0.15, -0.1) is 5.10 Å². The summed E-state index contributed by atoms with van der Waals surface area (Å²) in [6, 6.07) is 0.217. The van der Waals surface area contributed by atoms with E-state index < -0.39 is 5.54 Å². The summed E-state index contributed by atoms with van der Waals surface area (Å²) in [6.07, 6.45) is 1.57. The highest BCUT2D eigenvalue weighted by Crippen LogP contribution is 2.20. The monoisotopic (exact) mass is 301 g/mol. The van der Waals surface area contributed by atoms with Crippen molar-refractivity contribution in [1.82, 2.24) is 25.5 Å². The molecule has 0 radical (unpaired) electrons. The van der Waals surface area contributed by atoms with Gasteiger partial charge in [0.15, 0.2) is 0 Å². The summed E-state index contributed by atoms with van der Waals surface area (Å²) < 4.78 is 6.53. The largest absolute Gasteiger partial charge is 0.468 e. The Bertz CT molecular complexity index is 437. The van der Waals surface area contributed by atoms with Gasteiger partial charge in [-0.1, -0.05) is 11.8 Å². The number of carbonyl (C=O) groups is 1. The summed E-state index contributed by atoms with van der Waals surface area (Å²) >= 11 is 1.58. The molecule has 0 spiro atoms. The van der Waals surface area contributed by atoms with Crippen LogP contribution >= 0.6 is 11.8 Å². The molecule has 0 aliphatic rings. The zero-order valence-electron chi connectivity index (χ0n) is 12.7. The van der Waals surface area contributed by atoms with Crippen molar-refractivity contribution >= 4 is 17.7 Å². The number of nitrogens with one attached hydrogen (secondary N) is 1. The molecule has 20 heavy (non-hydrogen) atoms. The van der Waals surface area contributed by atoms with Gasteiger partial charge >= 0.3 is 5.97 Å². The first kappa shape index (κ1) is 16.9. The Morgan fingerprint density at radius 2 is 2.25 bits per heavy atom. The second-order valence-corrected chi connectivity index (χ2v) is 6.22. The Morgan fingerprint density at radius 1 is 1.55 bits per heavy atom. The summed E-state index contributed by atoms with van der Waals surface area (Å²) in [4.78, 5) is 11.9. The Kier molecular flexibility index (Phi) is 6.41. The van der Waals surface area contributed by atoms with Crippen LogP contribution in [0.3, 0.4) is 0 Å². The summed E-state index contributed by atoms with van der Waals surface area (Å²) in [5.41, 5.74) is -0.651. The summed E-state index contributed by atoms with van der Waals surface area (Å²) in [5, 5.41) is 15.3. The molecule has 7 nitrogen and oxygen atoms in total. The predicted molar refractivity (Wildman–Crippen MR) is 77.4 cm³/mol. The molecular weight excluding hydrogens is 278 g/mol. The molecule has 0 saturated carbocycles. The minimum Gasteiger partial charge on any atom is -0.468 e. The van der Waals surface area contributed by atoms with E-state index in [0.29, 0.717) is 6.42 Å². The zero-order chi connectivity index (χ0) is 15.2. The molecule has 0 amide bonds. The molecule has 0 aliphatic carbocycles. The summed E-state index contributed by atoms with van der Waals surface area (Å²) in [6.45, 7) is 5.91. The van der Waals surface area contributed by atoms with Gasteiger partial charge in [-0.25, -0.2) is 4.68 Å². The number of hydrogen-bond donors (Lipinski definition) is 1. The van der Waals surface area contributed by atoms with E-state index >= 15 is 0 Å². The highest BCUT2D eigenvalue weighted by molar-refractivity contribution is 7.99. The maximum Gasteiger partial charge on any atom is 0.325 e. The van der Waals surface area contributed by atoms with E-state index in [2.05, 4.69) is 20.8 Å². The molecule has 1 aromatic rings. The van der Waals surface area contributed by atoms with Gasteiger partial charge in [-0.2, -0.15) is 0 Å². The fourth-order valence-electron chi connectivity index (χ4n) is 2.03. The van der Waals surface area contributed by atoms with Crippen LogP contribution in [0.4, 0.5) is 0 Å². The molecule has 0 aliphatic heterocycles. The minimum absolute atomic E-state index is 0.217. The zero-order valence-corrected chi connectivity index (χ0v) is 13.5. The van der Waals surface area contributed by atoms with Gasteiger partial charge < -0.3 is 4.74 Å². The average Bonchev–Trinajstić information content (AvgIpc) is 2.78. The number of ether oxygens (including phenoxy) is 1. The van der Waals surface area contributed by atoms with Crippen LogP contribution in [0.5, 0.6) is 0 Å². The van der Waals surface area contributed by atoms with Gasteiger partial charge in [-0.05, 0) is 44.0 Å². The van der Waals surface area contributed by atoms with Gasteiger partial charge in [-0.3, -0.25) is 10.1 Å². The number of nitrogens with zero attached hydrogens (tertiary/aromatic N) is 4. The van der Waals surface area contributed by atoms with E-state index in [-0.39, 0.29) is 12.0 Å². The predicted octanol–water partition coefficient (Wildman–Crippen LogP) is 1.01. The normalized spacial score (nSPS) is 14.3. The molecule has 1 rings (SSSR count). The van der Waals surface area contributed by atoms with Gasteiger partial charge in [0.05, 0.1) is 7.11 Å². The fourth-order valence-corrected chi connectivity index (χ4v) is 2.82. The number of rotatable bonds is 8. The number of methoxy groups -OCH3 is 1. The van der Waals surface area contributed by atoms with Crippen molar-refractivity contribution in [3.63, 3.8) is 0 Å². The molecule has 0 aromatic carbocycles. The number of esters is 1. The molecule has 1 heterocycles. The van der Waals surface area contributed by atoms with Crippen molar-refractivity contribution < 1.29 is 9.53 Å². The fraction of sp³-hybridized carbons (Fsp3) is 0.833. The standard InChI is InChI=1S/C12H23N5O2S/c1-9(2)13-12(3,10(18)19-5)7-6-8-20-11-14-15-16-17(11)4/h9,13H,6-8H2,1-5H3. The average molecular weight is 301 g/mol. The van der Waals surface area contributed by atoms with Crippen LogP contribution in [-0.2, 0) is 16.6 Å². The van der Waals surface area contributed by atoms with Crippen molar-refractivity contribution in [2.75, 3.05) is 12.9 Å². The molecule has 0 fully saturated rings. The number of aromatic nitrogens is 4. The molecule has 8 heteroatoms. The van der Waals surface area contributed by atoms with E-state index in [4.69, 9.17) is 4.74 Å².